The maximum atomic E-state index is 14.8. The van der Waals surface area contributed by atoms with Gasteiger partial charge in [-0.3, -0.25) is 62.3 Å². The number of esters is 4. The monoisotopic (exact) mass is 1680 g/mol. The molecule has 0 aliphatic carbocycles. The van der Waals surface area contributed by atoms with E-state index in [0.717, 1.165) is 64.9 Å². The number of carboxylic acids is 2. The Morgan fingerprint density at radius 1 is 0.509 bits per heavy atom. The number of carboxylic acid groups (broad SMARTS) is 2. The third kappa shape index (κ3) is 41.9. The maximum absolute atomic E-state index is 14.8. The smallest absolute Gasteiger partial charge is 0.410 e. The molecule has 0 radical (unpaired) electrons. The molecule has 44 heteroatoms. The van der Waals surface area contributed by atoms with Crippen LogP contribution < -0.4 is 63.8 Å². The third-order valence-electron chi connectivity index (χ3n) is 16.7. The van der Waals surface area contributed by atoms with Crippen molar-refractivity contribution in [3.8, 4) is 0 Å². The summed E-state index contributed by atoms with van der Waals surface area (Å²) in [5.41, 5.74) is -3.88. The number of halogens is 1. The second-order valence-corrected chi connectivity index (χ2v) is 30.3. The van der Waals surface area contributed by atoms with Gasteiger partial charge in [0.1, 0.15) is 54.6 Å². The van der Waals surface area contributed by atoms with Crippen molar-refractivity contribution in [3.63, 3.8) is 0 Å². The number of aliphatic hydroxyl groups excluding tert-OH is 4. The highest BCUT2D eigenvalue weighted by Gasteiger charge is 2.41. The first-order valence-corrected chi connectivity index (χ1v) is 38.2. The Kier molecular flexibility index (Phi) is 47.5. The summed E-state index contributed by atoms with van der Waals surface area (Å²) in [5.74, 6) is -22.4. The van der Waals surface area contributed by atoms with Crippen LogP contribution in [0.2, 0.25) is 0 Å². The van der Waals surface area contributed by atoms with Crippen LogP contribution in [0.4, 0.5) is 14.4 Å². The highest BCUT2D eigenvalue weighted by Crippen LogP contribution is 2.19. The molecule has 1 fully saturated rings. The number of cyclic esters (lactones) is 1. The van der Waals surface area contributed by atoms with Crippen LogP contribution in [-0.4, -0.2) is 263 Å². The molecule has 18 N–H and O–H groups in total. The number of aliphatic carboxylic acids is 2. The molecule has 12 atom stereocenters. The second kappa shape index (κ2) is 53.1. The van der Waals surface area contributed by atoms with E-state index in [4.69, 9.17) is 44.8 Å². The normalized spacial score (nSPS) is 20.9. The van der Waals surface area contributed by atoms with Crippen LogP contribution in [0.5, 0.6) is 0 Å². The van der Waals surface area contributed by atoms with Gasteiger partial charge in [-0.15, -0.1) is 11.6 Å². The largest absolute Gasteiger partial charge is 0.481 e. The first-order valence-electron chi connectivity index (χ1n) is 37.7. The number of ether oxygens (including phenoxy) is 7. The minimum atomic E-state index is -3.04. The standard InChI is InChI=1S/C72H117ClN12O31/c1-13-15-16-17-18-19-20-21-22-25-40(87)32-48(89)77-46-35-110-63(103)51(47(88)34-73)84-54(93)41(14-2)78-60(99)50(39(3)86)83-57(96)44(28-31-76-69(109)116-38-113-66(106)72(10,11)12)80-55(94)42(26-23-24-29-74-67(107)114-36-111-64(104)70(4,5)6)79-58(97)45(33-49(90)91)82-56(95)43(81-61(100)52(85-59(46)98)53(92)62(101)102)27-30-75-68(108)115-37-112-65(105)71(7,8)9/h14,39-40,42-47,50-53,86-88,92H,13,15-38H2,1-12H3,(H,74,107)(H,75,108)(H,76,109)(H,77,89)(H,78,99)(H,79,97)(H,80,94)(H,81,100)(H,82,95)(H,83,96)(H,84,93)(H,85,98)(H,90,91)(H,101,102)/b41-14+/t39-,40+,42?,43+,44-,45?,46?,47+,50?,51?,52?,53-/m0/s1. The molecule has 43 nitrogen and oxygen atoms in total. The lowest BCUT2D eigenvalue weighted by Crippen LogP contribution is -2.63. The summed E-state index contributed by atoms with van der Waals surface area (Å²) in [6, 6.07) is -18.2. The zero-order valence-electron chi connectivity index (χ0n) is 67.5. The molecule has 116 heavy (non-hydrogen) atoms. The summed E-state index contributed by atoms with van der Waals surface area (Å²) >= 11 is 5.96. The molecular weight excluding hydrogens is 1560 g/mol. The van der Waals surface area contributed by atoms with Crippen molar-refractivity contribution in [2.75, 3.05) is 52.5 Å². The van der Waals surface area contributed by atoms with Crippen molar-refractivity contribution < 1.29 is 150 Å². The number of hydrogen-bond donors (Lipinski definition) is 18. The van der Waals surface area contributed by atoms with Gasteiger partial charge in [-0.1, -0.05) is 70.8 Å². The SMILES string of the molecule is C/C=C1/NC(=O)C([C@H](C)O)NC(=O)[C@H](CCNC(=O)OCOC(=O)C(C)(C)C)NC(=O)C(CCCCNC(=O)OCOC(=O)C(C)(C)C)NC(=O)C(CC(=O)O)NC(=O)[C@@H](CCNC(=O)OCOC(=O)C(C)(C)C)NC(=O)C([C@H](O)C(=O)O)NC(=O)C(NC(=O)C[C@H](O)CCCCCCCCCCC)COC(=O)C([C@H](O)CCl)NC1=O. The number of carbonyl (C=O) groups excluding carboxylic acids is 16. The fraction of sp³-hybridized carbons (Fsp3) is 0.722. The summed E-state index contributed by atoms with van der Waals surface area (Å²) in [4.78, 5) is 245. The van der Waals surface area contributed by atoms with Gasteiger partial charge in [0.2, 0.25) is 67.6 Å². The molecule has 1 saturated heterocycles. The molecule has 0 saturated carbocycles. The molecule has 0 spiro atoms. The highest BCUT2D eigenvalue weighted by atomic mass is 35.5. The highest BCUT2D eigenvalue weighted by molar-refractivity contribution is 6.18. The van der Waals surface area contributed by atoms with E-state index >= 15 is 0 Å². The van der Waals surface area contributed by atoms with E-state index in [1.54, 1.807) is 0 Å². The average molecular weight is 1680 g/mol. The lowest BCUT2D eigenvalue weighted by molar-refractivity contribution is -0.162. The van der Waals surface area contributed by atoms with Crippen molar-refractivity contribution in [3.05, 3.63) is 11.8 Å². The Morgan fingerprint density at radius 3 is 1.37 bits per heavy atom. The predicted molar refractivity (Wildman–Crippen MR) is 403 cm³/mol. The van der Waals surface area contributed by atoms with E-state index in [9.17, 15) is 117 Å². The number of allylic oxidation sites excluding steroid dienone is 1. The van der Waals surface area contributed by atoms with Crippen molar-refractivity contribution >= 4 is 119 Å². The molecular formula is C72H117ClN12O31. The molecule has 12 amide bonds. The Labute approximate surface area is 675 Å². The van der Waals surface area contributed by atoms with E-state index < -0.39 is 280 Å². The van der Waals surface area contributed by atoms with Gasteiger partial charge in [0.25, 0.3) is 5.91 Å². The predicted octanol–water partition coefficient (Wildman–Crippen LogP) is -1.22. The lowest BCUT2D eigenvalue weighted by atomic mass is 9.97. The van der Waals surface area contributed by atoms with Crippen molar-refractivity contribution in [1.82, 2.24) is 63.8 Å². The Morgan fingerprint density at radius 2 is 0.931 bits per heavy atom. The van der Waals surface area contributed by atoms with Crippen LogP contribution in [0.3, 0.4) is 0 Å². The maximum Gasteiger partial charge on any atom is 0.410 e. The first-order chi connectivity index (χ1) is 54.2. The number of hydrogen-bond acceptors (Lipinski definition) is 29. The molecule has 0 aromatic heterocycles. The van der Waals surface area contributed by atoms with Crippen molar-refractivity contribution in [2.45, 2.75) is 265 Å². The number of alkyl carbamates (subject to hydrolysis) is 3. The van der Waals surface area contributed by atoms with E-state index in [0.29, 0.717) is 12.8 Å². The van der Waals surface area contributed by atoms with Gasteiger partial charge in [-0.2, -0.15) is 0 Å². The van der Waals surface area contributed by atoms with E-state index in [-0.39, 0.29) is 25.8 Å². The van der Waals surface area contributed by atoms with E-state index in [1.165, 1.54) is 62.3 Å². The zero-order valence-corrected chi connectivity index (χ0v) is 68.2. The Bertz CT molecular complexity index is 3360. The number of rotatable bonds is 37. The van der Waals surface area contributed by atoms with Crippen LogP contribution in [0, 0.1) is 16.2 Å². The minimum absolute atomic E-state index is 0.0600. The molecule has 1 aliphatic rings. The number of amides is 12. The Hall–Kier alpha value is -10.3. The number of unbranched alkanes of at least 4 members (excludes halogenated alkanes) is 9. The molecule has 0 bridgehead atoms. The van der Waals surface area contributed by atoms with E-state index in [1.807, 2.05) is 10.6 Å². The summed E-state index contributed by atoms with van der Waals surface area (Å²) < 4.78 is 34.8. The zero-order chi connectivity index (χ0) is 88.2. The number of nitrogens with one attached hydrogen (secondary N) is 12. The lowest BCUT2D eigenvalue weighted by Gasteiger charge is -2.29. The fourth-order valence-corrected chi connectivity index (χ4v) is 10.1. The van der Waals surface area contributed by atoms with Gasteiger partial charge in [-0.25, -0.2) is 24.0 Å². The quantitative estimate of drug-likeness (QED) is 0.00866. The molecule has 1 aliphatic heterocycles. The van der Waals surface area contributed by atoms with Gasteiger partial charge in [0.05, 0.1) is 53.3 Å². The molecule has 0 aromatic carbocycles. The summed E-state index contributed by atoms with van der Waals surface area (Å²) in [7, 11) is 0. The first kappa shape index (κ1) is 104. The summed E-state index contributed by atoms with van der Waals surface area (Å²) in [5, 5.41) is 90.5. The van der Waals surface area contributed by atoms with Crippen LogP contribution in [0.1, 0.15) is 192 Å². The molecule has 658 valence electrons. The molecule has 0 aromatic rings. The van der Waals surface area contributed by atoms with Crippen LogP contribution in [-0.2, 0) is 105 Å². The average Bonchev–Trinajstić information content (AvgIpc) is 0.839. The topological polar surface area (TPSA) is 638 Å². The number of alkyl halides is 1. The third-order valence-corrected chi connectivity index (χ3v) is 17.0. The Balaban J connectivity index is 4.42. The molecule has 1 rings (SSSR count). The minimum Gasteiger partial charge on any atom is -0.481 e. The number of carbonyl (C=O) groups is 18. The van der Waals surface area contributed by atoms with Crippen LogP contribution in [0.25, 0.3) is 0 Å². The molecule has 6 unspecified atom stereocenters. The van der Waals surface area contributed by atoms with Gasteiger partial charge in [0, 0.05) is 19.6 Å². The summed E-state index contributed by atoms with van der Waals surface area (Å²) in [6.07, 6.45) is -7.76. The van der Waals surface area contributed by atoms with Gasteiger partial charge >= 0.3 is 54.1 Å². The molecule has 1 heterocycles. The van der Waals surface area contributed by atoms with Crippen molar-refractivity contribution in [2.24, 2.45) is 16.2 Å². The van der Waals surface area contributed by atoms with Crippen molar-refractivity contribution in [1.29, 1.82) is 0 Å². The summed E-state index contributed by atoms with van der Waals surface area (Å²) in [6.45, 7) is 12.0. The fourth-order valence-electron chi connectivity index (χ4n) is 9.91. The number of aliphatic hydroxyl groups is 4. The van der Waals surface area contributed by atoms with Crippen LogP contribution in [0.15, 0.2) is 11.8 Å². The van der Waals surface area contributed by atoms with Gasteiger partial charge in [0.15, 0.2) is 12.1 Å². The second-order valence-electron chi connectivity index (χ2n) is 30.0. The van der Waals surface area contributed by atoms with Gasteiger partial charge in [-0.05, 0) is 115 Å². The van der Waals surface area contributed by atoms with E-state index in [2.05, 4.69) is 60.1 Å². The van der Waals surface area contributed by atoms with Crippen LogP contribution >= 0.6 is 11.6 Å². The van der Waals surface area contributed by atoms with Gasteiger partial charge < -0.3 is 128 Å².